The number of aryl methyl sites for hydroxylation is 1. The molecule has 2 aromatic rings. The van der Waals surface area contributed by atoms with Crippen molar-refractivity contribution in [2.24, 2.45) is 0 Å². The Morgan fingerprint density at radius 3 is 3.04 bits per heavy atom. The number of nitrogens with zero attached hydrogens (tertiary/aromatic N) is 3. The van der Waals surface area contributed by atoms with Crippen LogP contribution in [0.25, 0.3) is 0 Å². The van der Waals surface area contributed by atoms with Crippen molar-refractivity contribution in [3.05, 3.63) is 59.7 Å². The summed E-state index contributed by atoms with van der Waals surface area (Å²) in [6.07, 6.45) is 6.15. The Labute approximate surface area is 149 Å². The van der Waals surface area contributed by atoms with Gasteiger partial charge in [-0.2, -0.15) is 0 Å². The van der Waals surface area contributed by atoms with E-state index in [2.05, 4.69) is 33.1 Å². The summed E-state index contributed by atoms with van der Waals surface area (Å²) in [7, 11) is 0. The van der Waals surface area contributed by atoms with Crippen LogP contribution in [0.3, 0.4) is 0 Å². The van der Waals surface area contributed by atoms with Gasteiger partial charge in [0, 0.05) is 37.2 Å². The lowest BCUT2D eigenvalue weighted by Crippen LogP contribution is -2.51. The Bertz CT molecular complexity index is 694. The highest BCUT2D eigenvalue weighted by molar-refractivity contribution is 5.11. The van der Waals surface area contributed by atoms with Crippen LogP contribution >= 0.6 is 0 Å². The molecule has 0 radical (unpaired) electrons. The second kappa shape index (κ2) is 7.60. The first-order chi connectivity index (χ1) is 12.3. The minimum atomic E-state index is 0.162. The van der Waals surface area contributed by atoms with Crippen LogP contribution in [0.2, 0.25) is 0 Å². The molecule has 1 saturated heterocycles. The number of fused-ring (bicyclic) bond motifs is 1. The van der Waals surface area contributed by atoms with Crippen LogP contribution in [-0.2, 0) is 22.6 Å². The minimum absolute atomic E-state index is 0.162. The highest BCUT2D eigenvalue weighted by atomic mass is 16.5. The minimum Gasteiger partial charge on any atom is -0.373 e. The second-order valence-electron chi connectivity index (χ2n) is 6.93. The molecular formula is C20H25N3O2. The molecular weight excluding hydrogens is 314 g/mol. The number of morpholine rings is 1. The third-order valence-corrected chi connectivity index (χ3v) is 5.15. The van der Waals surface area contributed by atoms with Crippen molar-refractivity contribution in [2.45, 2.75) is 51.2 Å². The molecule has 25 heavy (non-hydrogen) atoms. The quantitative estimate of drug-likeness (QED) is 0.838. The summed E-state index contributed by atoms with van der Waals surface area (Å²) >= 11 is 0. The number of rotatable bonds is 5. The number of hydrogen-bond donors (Lipinski definition) is 0. The number of aromatic nitrogens is 2. The van der Waals surface area contributed by atoms with E-state index in [1.807, 2.05) is 25.3 Å². The number of ether oxygens (including phenoxy) is 2. The van der Waals surface area contributed by atoms with E-state index in [-0.39, 0.29) is 12.2 Å². The van der Waals surface area contributed by atoms with Gasteiger partial charge in [-0.15, -0.1) is 0 Å². The van der Waals surface area contributed by atoms with Crippen molar-refractivity contribution < 1.29 is 9.47 Å². The van der Waals surface area contributed by atoms with Crippen molar-refractivity contribution in [2.75, 3.05) is 13.2 Å². The van der Waals surface area contributed by atoms with E-state index in [1.165, 1.54) is 0 Å². The standard InChI is InChI=1S/C20H25N3O2/c1-15-4-2-6-17(22-15)13-23-10-11-24-20-18(23)7-8-19(20)25-14-16-5-3-9-21-12-16/h2-6,9,12,18-20H,7-8,10-11,13-14H2,1H3/t18-,19-,20+/m1/s1. The molecule has 0 bridgehead atoms. The van der Waals surface area contributed by atoms with Crippen molar-refractivity contribution in [1.82, 2.24) is 14.9 Å². The molecule has 3 atom stereocenters. The molecule has 4 rings (SSSR count). The normalized spacial score (nSPS) is 26.5. The monoisotopic (exact) mass is 339 g/mol. The van der Waals surface area contributed by atoms with Gasteiger partial charge in [0.05, 0.1) is 31.1 Å². The smallest absolute Gasteiger partial charge is 0.0992 e. The van der Waals surface area contributed by atoms with E-state index >= 15 is 0 Å². The highest BCUT2D eigenvalue weighted by Crippen LogP contribution is 2.33. The Hall–Kier alpha value is -1.82. The summed E-state index contributed by atoms with van der Waals surface area (Å²) in [5, 5.41) is 0. The van der Waals surface area contributed by atoms with Gasteiger partial charge in [0.2, 0.25) is 0 Å². The summed E-state index contributed by atoms with van der Waals surface area (Å²) < 4.78 is 12.3. The van der Waals surface area contributed by atoms with Crippen LogP contribution in [0.1, 0.15) is 29.8 Å². The van der Waals surface area contributed by atoms with Gasteiger partial charge in [-0.05, 0) is 43.5 Å². The van der Waals surface area contributed by atoms with Crippen LogP contribution in [0.15, 0.2) is 42.7 Å². The Balaban J connectivity index is 1.38. The van der Waals surface area contributed by atoms with Gasteiger partial charge in [-0.3, -0.25) is 14.9 Å². The van der Waals surface area contributed by atoms with Crippen molar-refractivity contribution in [3.8, 4) is 0 Å². The lowest BCUT2D eigenvalue weighted by Gasteiger charge is -2.38. The van der Waals surface area contributed by atoms with Crippen LogP contribution in [0.5, 0.6) is 0 Å². The third-order valence-electron chi connectivity index (χ3n) is 5.15. The summed E-state index contributed by atoms with van der Waals surface area (Å²) in [6.45, 7) is 5.27. The maximum absolute atomic E-state index is 6.17. The first-order valence-electron chi connectivity index (χ1n) is 9.08. The van der Waals surface area contributed by atoms with E-state index in [1.54, 1.807) is 6.20 Å². The average Bonchev–Trinajstić information content (AvgIpc) is 3.05. The van der Waals surface area contributed by atoms with Gasteiger partial charge >= 0.3 is 0 Å². The summed E-state index contributed by atoms with van der Waals surface area (Å²) in [6, 6.07) is 10.7. The van der Waals surface area contributed by atoms with Gasteiger partial charge in [0.25, 0.3) is 0 Å². The molecule has 1 saturated carbocycles. The Morgan fingerprint density at radius 1 is 1.24 bits per heavy atom. The van der Waals surface area contributed by atoms with E-state index < -0.39 is 0 Å². The van der Waals surface area contributed by atoms with Crippen LogP contribution < -0.4 is 0 Å². The topological polar surface area (TPSA) is 47.5 Å². The molecule has 0 N–H and O–H groups in total. The lowest BCUT2D eigenvalue weighted by atomic mass is 10.1. The fourth-order valence-corrected chi connectivity index (χ4v) is 3.95. The fourth-order valence-electron chi connectivity index (χ4n) is 3.95. The molecule has 2 aliphatic rings. The summed E-state index contributed by atoms with van der Waals surface area (Å²) in [5.41, 5.74) is 3.33. The number of hydrogen-bond acceptors (Lipinski definition) is 5. The molecule has 5 heteroatoms. The maximum Gasteiger partial charge on any atom is 0.0992 e. The van der Waals surface area contributed by atoms with E-state index in [4.69, 9.17) is 9.47 Å². The molecule has 1 aliphatic carbocycles. The Kier molecular flexibility index (Phi) is 5.06. The highest BCUT2D eigenvalue weighted by Gasteiger charge is 2.43. The first-order valence-corrected chi connectivity index (χ1v) is 9.08. The predicted octanol–water partition coefficient (Wildman–Crippen LogP) is 2.73. The lowest BCUT2D eigenvalue weighted by molar-refractivity contribution is -0.118. The summed E-state index contributed by atoms with van der Waals surface area (Å²) in [4.78, 5) is 11.3. The zero-order chi connectivity index (χ0) is 17.1. The zero-order valence-corrected chi connectivity index (χ0v) is 14.7. The van der Waals surface area contributed by atoms with Gasteiger partial charge in [0.15, 0.2) is 0 Å². The zero-order valence-electron chi connectivity index (χ0n) is 14.7. The van der Waals surface area contributed by atoms with Crippen LogP contribution in [0.4, 0.5) is 0 Å². The van der Waals surface area contributed by atoms with Crippen LogP contribution in [0, 0.1) is 6.92 Å². The predicted molar refractivity (Wildman–Crippen MR) is 95.0 cm³/mol. The van der Waals surface area contributed by atoms with E-state index in [9.17, 15) is 0 Å². The maximum atomic E-state index is 6.17. The molecule has 5 nitrogen and oxygen atoms in total. The van der Waals surface area contributed by atoms with Gasteiger partial charge in [0.1, 0.15) is 0 Å². The fraction of sp³-hybridized carbons (Fsp3) is 0.500. The summed E-state index contributed by atoms with van der Waals surface area (Å²) in [5.74, 6) is 0. The van der Waals surface area contributed by atoms with E-state index in [0.29, 0.717) is 12.6 Å². The third kappa shape index (κ3) is 3.89. The van der Waals surface area contributed by atoms with Gasteiger partial charge < -0.3 is 9.47 Å². The van der Waals surface area contributed by atoms with Crippen LogP contribution in [-0.4, -0.2) is 46.3 Å². The SMILES string of the molecule is Cc1cccc(CN2CCO[C@H]3[C@H]2CC[C@H]3OCc2cccnc2)n1. The molecule has 0 amide bonds. The van der Waals surface area contributed by atoms with Crippen molar-refractivity contribution >= 4 is 0 Å². The molecule has 1 aliphatic heterocycles. The molecule has 2 fully saturated rings. The van der Waals surface area contributed by atoms with Gasteiger partial charge in [-0.1, -0.05) is 12.1 Å². The first kappa shape index (κ1) is 16.6. The second-order valence-corrected chi connectivity index (χ2v) is 6.93. The molecule has 0 spiro atoms. The number of pyridine rings is 2. The Morgan fingerprint density at radius 2 is 2.20 bits per heavy atom. The largest absolute Gasteiger partial charge is 0.373 e. The molecule has 0 unspecified atom stereocenters. The molecule has 0 aromatic carbocycles. The van der Waals surface area contributed by atoms with Crippen molar-refractivity contribution in [1.29, 1.82) is 0 Å². The van der Waals surface area contributed by atoms with Crippen molar-refractivity contribution in [3.63, 3.8) is 0 Å². The molecule has 132 valence electrons. The molecule has 2 aromatic heterocycles. The van der Waals surface area contributed by atoms with Gasteiger partial charge in [-0.25, -0.2) is 0 Å². The van der Waals surface area contributed by atoms with E-state index in [0.717, 1.165) is 49.5 Å². The average molecular weight is 339 g/mol. The molecule has 3 heterocycles.